The van der Waals surface area contributed by atoms with Crippen molar-refractivity contribution in [3.8, 4) is 0 Å². The maximum absolute atomic E-state index is 11.8. The van der Waals surface area contributed by atoms with Crippen molar-refractivity contribution in [1.82, 2.24) is 10.2 Å². The summed E-state index contributed by atoms with van der Waals surface area (Å²) in [4.78, 5) is 11.8. The Labute approximate surface area is 112 Å². The van der Waals surface area contributed by atoms with Crippen molar-refractivity contribution in [1.29, 1.82) is 0 Å². The molecule has 0 aliphatic carbocycles. The Kier molecular flexibility index (Phi) is 6.21. The normalized spacial score (nSPS) is 12.7. The van der Waals surface area contributed by atoms with E-state index in [0.29, 0.717) is 17.6 Å². The van der Waals surface area contributed by atoms with E-state index < -0.39 is 0 Å². The molecule has 1 heterocycles. The Morgan fingerprint density at radius 3 is 2.72 bits per heavy atom. The van der Waals surface area contributed by atoms with Crippen molar-refractivity contribution < 1.29 is 4.79 Å². The maximum Gasteiger partial charge on any atom is 0.229 e. The highest BCUT2D eigenvalue weighted by Gasteiger charge is 2.15. The fourth-order valence-electron chi connectivity index (χ4n) is 1.52. The predicted octanol–water partition coefficient (Wildman–Crippen LogP) is 2.05. The smallest absolute Gasteiger partial charge is 0.229 e. The third-order valence-corrected chi connectivity index (χ3v) is 3.43. The highest BCUT2D eigenvalue weighted by atomic mass is 32.1. The number of nitrogens with one attached hydrogen (secondary N) is 1. The molecule has 0 spiro atoms. The summed E-state index contributed by atoms with van der Waals surface area (Å²) in [6.07, 6.45) is 2.57. The summed E-state index contributed by atoms with van der Waals surface area (Å²) >= 11 is 1.45. The van der Waals surface area contributed by atoms with Gasteiger partial charge in [0.05, 0.1) is 0 Å². The molecule has 1 aromatic rings. The van der Waals surface area contributed by atoms with E-state index in [1.165, 1.54) is 11.3 Å². The number of carbonyl (C=O) groups excluding carboxylic acids is 1. The number of anilines is 1. The first-order valence-electron chi connectivity index (χ1n) is 6.36. The number of hydrogen-bond donors (Lipinski definition) is 2. The number of nitrogens with two attached hydrogens (primary N) is 1. The van der Waals surface area contributed by atoms with E-state index in [4.69, 9.17) is 5.73 Å². The minimum atomic E-state index is -0.0361. The summed E-state index contributed by atoms with van der Waals surface area (Å²) in [6, 6.07) is 0. The molecule has 1 amide bonds. The van der Waals surface area contributed by atoms with Crippen LogP contribution in [0.1, 0.15) is 38.6 Å². The molecular formula is C12H22N4OS. The van der Waals surface area contributed by atoms with Gasteiger partial charge in [-0.2, -0.15) is 0 Å². The fourth-order valence-corrected chi connectivity index (χ4v) is 2.47. The first-order chi connectivity index (χ1) is 8.52. The molecule has 3 N–H and O–H groups in total. The lowest BCUT2D eigenvalue weighted by Crippen LogP contribution is -2.21. The van der Waals surface area contributed by atoms with Gasteiger partial charge < -0.3 is 11.1 Å². The number of carbonyl (C=O) groups is 1. The van der Waals surface area contributed by atoms with Gasteiger partial charge in [0.25, 0.3) is 0 Å². The molecule has 0 saturated heterocycles. The minimum absolute atomic E-state index is 0.00398. The first-order valence-corrected chi connectivity index (χ1v) is 7.18. The Bertz CT molecular complexity index is 378. The van der Waals surface area contributed by atoms with E-state index in [0.717, 1.165) is 24.3 Å². The largest absolute Gasteiger partial charge is 0.330 e. The van der Waals surface area contributed by atoms with Gasteiger partial charge in [-0.05, 0) is 25.3 Å². The molecule has 1 unspecified atom stereocenters. The van der Waals surface area contributed by atoms with E-state index in [9.17, 15) is 4.79 Å². The summed E-state index contributed by atoms with van der Waals surface area (Å²) in [6.45, 7) is 6.79. The van der Waals surface area contributed by atoms with Crippen LogP contribution in [0, 0.1) is 11.8 Å². The van der Waals surface area contributed by atoms with Gasteiger partial charge in [0.2, 0.25) is 11.0 Å². The van der Waals surface area contributed by atoms with Crippen LogP contribution in [-0.2, 0) is 11.2 Å². The summed E-state index contributed by atoms with van der Waals surface area (Å²) < 4.78 is 0. The van der Waals surface area contributed by atoms with Gasteiger partial charge in [-0.1, -0.05) is 32.1 Å². The Morgan fingerprint density at radius 2 is 2.11 bits per heavy atom. The molecule has 6 heteroatoms. The molecule has 1 atom stereocenters. The molecule has 0 aliphatic heterocycles. The van der Waals surface area contributed by atoms with Crippen molar-refractivity contribution in [2.75, 3.05) is 11.9 Å². The number of hydrogen-bond acceptors (Lipinski definition) is 5. The van der Waals surface area contributed by atoms with Crippen LogP contribution in [-0.4, -0.2) is 22.6 Å². The van der Waals surface area contributed by atoms with Crippen LogP contribution in [0.25, 0.3) is 0 Å². The zero-order valence-corrected chi connectivity index (χ0v) is 12.1. The predicted molar refractivity (Wildman–Crippen MR) is 74.5 cm³/mol. The molecule has 0 saturated carbocycles. The maximum atomic E-state index is 11.8. The van der Waals surface area contributed by atoms with Gasteiger partial charge in [0, 0.05) is 12.3 Å². The second-order valence-electron chi connectivity index (χ2n) is 4.92. The molecule has 102 valence electrons. The number of rotatable bonds is 7. The molecule has 18 heavy (non-hydrogen) atoms. The molecule has 1 rings (SSSR count). The number of amides is 1. The lowest BCUT2D eigenvalue weighted by molar-refractivity contribution is -0.119. The average molecular weight is 270 g/mol. The van der Waals surface area contributed by atoms with Crippen molar-refractivity contribution in [2.45, 2.75) is 40.0 Å². The Hall–Kier alpha value is -1.01. The van der Waals surface area contributed by atoms with Crippen LogP contribution in [0.3, 0.4) is 0 Å². The van der Waals surface area contributed by atoms with Crippen LogP contribution >= 0.6 is 11.3 Å². The van der Waals surface area contributed by atoms with Gasteiger partial charge in [-0.15, -0.1) is 10.2 Å². The SMILES string of the molecule is CC(C)Cc1nnc(NC(=O)C(C)CCCN)s1. The van der Waals surface area contributed by atoms with Crippen molar-refractivity contribution in [3.05, 3.63) is 5.01 Å². The van der Waals surface area contributed by atoms with E-state index in [1.54, 1.807) is 0 Å². The molecule has 0 bridgehead atoms. The molecular weight excluding hydrogens is 248 g/mol. The molecule has 5 nitrogen and oxygen atoms in total. The van der Waals surface area contributed by atoms with Gasteiger partial charge in [-0.25, -0.2) is 0 Å². The van der Waals surface area contributed by atoms with Crippen LogP contribution in [0.5, 0.6) is 0 Å². The van der Waals surface area contributed by atoms with E-state index in [-0.39, 0.29) is 11.8 Å². The molecule has 0 aliphatic rings. The average Bonchev–Trinajstić information content (AvgIpc) is 2.72. The van der Waals surface area contributed by atoms with Gasteiger partial charge in [0.1, 0.15) is 5.01 Å². The summed E-state index contributed by atoms with van der Waals surface area (Å²) in [5, 5.41) is 12.4. The van der Waals surface area contributed by atoms with Crippen molar-refractivity contribution >= 4 is 22.4 Å². The lowest BCUT2D eigenvalue weighted by atomic mass is 10.1. The second kappa shape index (κ2) is 7.43. The highest BCUT2D eigenvalue weighted by Crippen LogP contribution is 2.19. The third kappa shape index (κ3) is 5.10. The standard InChI is InChI=1S/C12H22N4OS/c1-8(2)7-10-15-16-12(18-10)14-11(17)9(3)5-4-6-13/h8-9H,4-7,13H2,1-3H3,(H,14,16,17). The van der Waals surface area contributed by atoms with E-state index in [1.807, 2.05) is 6.92 Å². The van der Waals surface area contributed by atoms with Crippen LogP contribution in [0.15, 0.2) is 0 Å². The molecule has 1 aromatic heterocycles. The second-order valence-corrected chi connectivity index (χ2v) is 5.98. The minimum Gasteiger partial charge on any atom is -0.330 e. The van der Waals surface area contributed by atoms with Crippen LogP contribution < -0.4 is 11.1 Å². The fraction of sp³-hybridized carbons (Fsp3) is 0.750. The summed E-state index contributed by atoms with van der Waals surface area (Å²) in [7, 11) is 0. The Morgan fingerprint density at radius 1 is 1.39 bits per heavy atom. The van der Waals surface area contributed by atoms with Crippen molar-refractivity contribution in [3.63, 3.8) is 0 Å². The Balaban J connectivity index is 2.46. The van der Waals surface area contributed by atoms with Gasteiger partial charge in [-0.3, -0.25) is 4.79 Å². The molecule has 0 aromatic carbocycles. The molecule has 0 fully saturated rings. The zero-order valence-electron chi connectivity index (χ0n) is 11.3. The van der Waals surface area contributed by atoms with Crippen LogP contribution in [0.2, 0.25) is 0 Å². The summed E-state index contributed by atoms with van der Waals surface area (Å²) in [5.41, 5.74) is 5.43. The van der Waals surface area contributed by atoms with E-state index >= 15 is 0 Å². The zero-order chi connectivity index (χ0) is 13.5. The van der Waals surface area contributed by atoms with E-state index in [2.05, 4.69) is 29.4 Å². The van der Waals surface area contributed by atoms with Crippen LogP contribution in [0.4, 0.5) is 5.13 Å². The third-order valence-electron chi connectivity index (χ3n) is 2.57. The van der Waals surface area contributed by atoms with Gasteiger partial charge in [0.15, 0.2) is 0 Å². The van der Waals surface area contributed by atoms with Gasteiger partial charge >= 0.3 is 0 Å². The number of aromatic nitrogens is 2. The highest BCUT2D eigenvalue weighted by molar-refractivity contribution is 7.15. The lowest BCUT2D eigenvalue weighted by Gasteiger charge is -2.08. The topological polar surface area (TPSA) is 80.9 Å². The molecule has 0 radical (unpaired) electrons. The summed E-state index contributed by atoms with van der Waals surface area (Å²) in [5.74, 6) is 0.506. The quantitative estimate of drug-likeness (QED) is 0.794. The van der Waals surface area contributed by atoms with Crippen molar-refractivity contribution in [2.24, 2.45) is 17.6 Å². The number of nitrogens with zero attached hydrogens (tertiary/aromatic N) is 2. The monoisotopic (exact) mass is 270 g/mol. The first kappa shape index (κ1) is 15.0.